The summed E-state index contributed by atoms with van der Waals surface area (Å²) in [4.78, 5) is 3.31. The minimum absolute atomic E-state index is 0. The number of aromatic nitrogens is 2. The maximum Gasteiger partial charge on any atom is 0.203 e. The quantitative estimate of drug-likeness (QED) is 0.613. The van der Waals surface area contributed by atoms with E-state index in [1.165, 1.54) is 0 Å². The first kappa shape index (κ1) is 22.9. The average molecular weight is 445 g/mol. The molecule has 9 heteroatoms. The first-order valence-corrected chi connectivity index (χ1v) is 9.86. The number of hydrogen-bond donors (Lipinski definition) is 2. The third kappa shape index (κ3) is 4.79. The van der Waals surface area contributed by atoms with E-state index in [4.69, 9.17) is 10.1 Å². The van der Waals surface area contributed by atoms with Gasteiger partial charge in [-0.1, -0.05) is 18.2 Å². The highest BCUT2D eigenvalue weighted by Gasteiger charge is 2.17. The lowest BCUT2D eigenvalue weighted by Crippen LogP contribution is -2.39. The molecule has 0 amide bonds. The molecule has 154 valence electrons. The fourth-order valence-electron chi connectivity index (χ4n) is 3.52. The summed E-state index contributed by atoms with van der Waals surface area (Å²) in [6, 6.07) is 12.0. The van der Waals surface area contributed by atoms with Gasteiger partial charge in [0.2, 0.25) is 5.62 Å². The number of benzene rings is 1. The Kier molecular flexibility index (Phi) is 8.55. The van der Waals surface area contributed by atoms with Gasteiger partial charge in [0.05, 0.1) is 30.8 Å². The van der Waals surface area contributed by atoms with E-state index in [9.17, 15) is 5.11 Å². The van der Waals surface area contributed by atoms with Crippen molar-refractivity contribution >= 4 is 47.2 Å². The van der Waals surface area contributed by atoms with Crippen molar-refractivity contribution in [2.24, 2.45) is 0 Å². The van der Waals surface area contributed by atoms with E-state index in [1.54, 1.807) is 11.3 Å². The summed E-state index contributed by atoms with van der Waals surface area (Å²) < 4.78 is 9.38. The Morgan fingerprint density at radius 3 is 2.32 bits per heavy atom. The number of aliphatic hydroxyl groups is 1. The second-order valence-corrected chi connectivity index (χ2v) is 7.54. The van der Waals surface area contributed by atoms with Crippen LogP contribution in [0.4, 0.5) is 0 Å². The van der Waals surface area contributed by atoms with Gasteiger partial charge in [-0.2, -0.15) is 0 Å². The van der Waals surface area contributed by atoms with Crippen LogP contribution < -0.4 is 5.62 Å². The van der Waals surface area contributed by atoms with Crippen molar-refractivity contribution in [2.75, 3.05) is 32.8 Å². The Bertz CT molecular complexity index is 920. The highest BCUT2D eigenvalue weighted by molar-refractivity contribution is 7.10. The van der Waals surface area contributed by atoms with Gasteiger partial charge in [-0.05, 0) is 23.6 Å². The van der Waals surface area contributed by atoms with Gasteiger partial charge in [0.25, 0.3) is 0 Å². The lowest BCUT2D eigenvalue weighted by Gasteiger charge is -2.26. The largest absolute Gasteiger partial charge is 0.386 e. The van der Waals surface area contributed by atoms with E-state index in [0.29, 0.717) is 12.2 Å². The average Bonchev–Trinajstić information content (AvgIpc) is 3.29. The molecular weight excluding hydrogens is 419 g/mol. The van der Waals surface area contributed by atoms with E-state index >= 15 is 0 Å². The molecular formula is C19H26Cl2N4O2S. The van der Waals surface area contributed by atoms with Crippen LogP contribution in [-0.4, -0.2) is 52.0 Å². The fraction of sp³-hybridized carbons (Fsp3) is 0.421. The van der Waals surface area contributed by atoms with Crippen LogP contribution in [0.5, 0.6) is 0 Å². The second-order valence-electron chi connectivity index (χ2n) is 6.56. The Hall–Kier alpha value is -1.35. The first-order chi connectivity index (χ1) is 12.7. The number of fused-ring (bicyclic) bond motifs is 1. The van der Waals surface area contributed by atoms with Gasteiger partial charge in [0.15, 0.2) is 0 Å². The Morgan fingerprint density at radius 1 is 1.00 bits per heavy atom. The molecule has 0 spiro atoms. The van der Waals surface area contributed by atoms with Gasteiger partial charge in [0, 0.05) is 31.1 Å². The highest BCUT2D eigenvalue weighted by Crippen LogP contribution is 2.22. The normalized spacial score (nSPS) is 15.8. The molecule has 0 radical (unpaired) electrons. The summed E-state index contributed by atoms with van der Waals surface area (Å²) >= 11 is 1.55. The lowest BCUT2D eigenvalue weighted by atomic mass is 10.2. The molecule has 0 aliphatic carbocycles. The third-order valence-electron chi connectivity index (χ3n) is 4.95. The molecule has 3 heterocycles. The molecule has 1 saturated heterocycles. The Balaban J connectivity index is 0.00000140. The van der Waals surface area contributed by atoms with Gasteiger partial charge >= 0.3 is 0 Å². The zero-order valence-electron chi connectivity index (χ0n) is 15.5. The zero-order chi connectivity index (χ0) is 17.9. The molecule has 6 nitrogen and oxygen atoms in total. The molecule has 1 aromatic carbocycles. The molecule has 4 rings (SSSR count). The number of halogens is 2. The molecule has 1 aliphatic rings. The number of nitrogens with one attached hydrogen (secondary N) is 1. The van der Waals surface area contributed by atoms with Crippen molar-refractivity contribution in [3.63, 3.8) is 0 Å². The number of rotatable bonds is 6. The molecule has 2 N–H and O–H groups in total. The van der Waals surface area contributed by atoms with Gasteiger partial charge in [0.1, 0.15) is 6.10 Å². The molecule has 1 fully saturated rings. The highest BCUT2D eigenvalue weighted by atomic mass is 35.5. The number of aliphatic hydroxyl groups excluding tert-OH is 1. The SMILES string of the molecule is Cl.Cl.N=c1n(CCN2CCOCC2)c2ccccc2n1CC(O)c1cccs1. The topological polar surface area (TPSA) is 66.4 Å². The first-order valence-electron chi connectivity index (χ1n) is 8.98. The van der Waals surface area contributed by atoms with Crippen LogP contribution in [0.1, 0.15) is 11.0 Å². The van der Waals surface area contributed by atoms with Crippen LogP contribution >= 0.6 is 36.2 Å². The fourth-order valence-corrected chi connectivity index (χ4v) is 4.22. The third-order valence-corrected chi connectivity index (χ3v) is 5.92. The Morgan fingerprint density at radius 2 is 1.68 bits per heavy atom. The molecule has 0 saturated carbocycles. The number of hydrogen-bond acceptors (Lipinski definition) is 5. The Labute approximate surface area is 180 Å². The van der Waals surface area contributed by atoms with Crippen LogP contribution in [0.2, 0.25) is 0 Å². The van der Waals surface area contributed by atoms with Gasteiger partial charge in [-0.15, -0.1) is 36.2 Å². The molecule has 1 atom stereocenters. The van der Waals surface area contributed by atoms with Gasteiger partial charge in [-0.25, -0.2) is 0 Å². The van der Waals surface area contributed by atoms with Crippen molar-refractivity contribution in [3.8, 4) is 0 Å². The monoisotopic (exact) mass is 444 g/mol. The van der Waals surface area contributed by atoms with Crippen molar-refractivity contribution in [2.45, 2.75) is 19.2 Å². The van der Waals surface area contributed by atoms with Crippen LogP contribution in [0.25, 0.3) is 11.0 Å². The standard InChI is InChI=1S/C19H24N4O2S.2ClH/c20-19-22(8-7-21-9-11-25-12-10-21)15-4-1-2-5-16(15)23(19)14-17(24)18-6-3-13-26-18;;/h1-6,13,17,20,24H,7-12,14H2;2*1H. The number of para-hydroxylation sites is 2. The van der Waals surface area contributed by atoms with Crippen LogP contribution in [0.15, 0.2) is 41.8 Å². The minimum atomic E-state index is -0.595. The van der Waals surface area contributed by atoms with E-state index in [0.717, 1.165) is 55.3 Å². The predicted molar refractivity (Wildman–Crippen MR) is 117 cm³/mol. The molecule has 3 aromatic rings. The lowest BCUT2D eigenvalue weighted by molar-refractivity contribution is 0.0363. The van der Waals surface area contributed by atoms with Crippen LogP contribution in [0, 0.1) is 5.41 Å². The van der Waals surface area contributed by atoms with E-state index < -0.39 is 6.10 Å². The molecule has 0 bridgehead atoms. The summed E-state index contributed by atoms with van der Waals surface area (Å²) in [5, 5.41) is 21.2. The molecule has 28 heavy (non-hydrogen) atoms. The van der Waals surface area contributed by atoms with Gasteiger partial charge < -0.3 is 19.0 Å². The number of imidazole rings is 1. The second kappa shape index (κ2) is 10.4. The van der Waals surface area contributed by atoms with Crippen LogP contribution in [-0.2, 0) is 17.8 Å². The smallest absolute Gasteiger partial charge is 0.203 e. The maximum absolute atomic E-state index is 10.6. The van der Waals surface area contributed by atoms with E-state index in [-0.39, 0.29) is 24.8 Å². The molecule has 2 aromatic heterocycles. The maximum atomic E-state index is 10.6. The number of morpholine rings is 1. The number of thiophene rings is 1. The van der Waals surface area contributed by atoms with Crippen molar-refractivity contribution in [1.29, 1.82) is 5.41 Å². The summed E-state index contributed by atoms with van der Waals surface area (Å²) in [5.74, 6) is 0. The zero-order valence-corrected chi connectivity index (χ0v) is 17.9. The number of ether oxygens (including phenoxy) is 1. The van der Waals surface area contributed by atoms with E-state index in [2.05, 4.69) is 11.0 Å². The predicted octanol–water partition coefficient (Wildman–Crippen LogP) is 2.89. The number of nitrogens with zero attached hydrogens (tertiary/aromatic N) is 3. The van der Waals surface area contributed by atoms with Crippen molar-refractivity contribution in [1.82, 2.24) is 14.0 Å². The summed E-state index contributed by atoms with van der Waals surface area (Å²) in [7, 11) is 0. The molecule has 1 aliphatic heterocycles. The summed E-state index contributed by atoms with van der Waals surface area (Å²) in [5.41, 5.74) is 2.48. The van der Waals surface area contributed by atoms with Crippen molar-refractivity contribution < 1.29 is 9.84 Å². The van der Waals surface area contributed by atoms with Gasteiger partial charge in [-0.3, -0.25) is 10.3 Å². The van der Waals surface area contributed by atoms with Crippen LogP contribution in [0.3, 0.4) is 0 Å². The summed E-state index contributed by atoms with van der Waals surface area (Å²) in [6.07, 6.45) is -0.595. The molecule has 1 unspecified atom stereocenters. The summed E-state index contributed by atoms with van der Waals surface area (Å²) in [6.45, 7) is 5.53. The van der Waals surface area contributed by atoms with E-state index in [1.807, 2.05) is 44.8 Å². The van der Waals surface area contributed by atoms with Crippen molar-refractivity contribution in [3.05, 3.63) is 52.3 Å². The minimum Gasteiger partial charge on any atom is -0.386 e.